The Morgan fingerprint density at radius 2 is 1.86 bits per heavy atom. The van der Waals surface area contributed by atoms with E-state index in [-0.39, 0.29) is 31.4 Å². The number of hydrogen-bond acceptors (Lipinski definition) is 5. The topological polar surface area (TPSA) is 96.9 Å². The lowest BCUT2D eigenvalue weighted by Gasteiger charge is -2.40. The van der Waals surface area contributed by atoms with Crippen LogP contribution in [0.3, 0.4) is 0 Å². The lowest BCUT2D eigenvalue weighted by molar-refractivity contribution is -0.130. The summed E-state index contributed by atoms with van der Waals surface area (Å²) in [6.07, 6.45) is 6.22. The van der Waals surface area contributed by atoms with Crippen LogP contribution in [-0.2, 0) is 15.0 Å². The number of fused-ring (bicyclic) bond motifs is 2. The Balaban J connectivity index is 1.59. The fraction of sp³-hybridized carbons (Fsp3) is 0.214. The molecule has 2 amide bonds. The van der Waals surface area contributed by atoms with Gasteiger partial charge in [-0.2, -0.15) is 0 Å². The number of halogens is 1. The van der Waals surface area contributed by atoms with Crippen molar-refractivity contribution in [1.82, 2.24) is 5.32 Å². The summed E-state index contributed by atoms with van der Waals surface area (Å²) in [7, 11) is 0. The average Bonchev–Trinajstić information content (AvgIpc) is 3.15. The van der Waals surface area contributed by atoms with Gasteiger partial charge in [0.2, 0.25) is 11.8 Å². The normalized spacial score (nSPS) is 20.3. The second-order valence-corrected chi connectivity index (χ2v) is 9.09. The molecule has 1 spiro atoms. The first-order chi connectivity index (χ1) is 17.4. The van der Waals surface area contributed by atoms with Gasteiger partial charge < -0.3 is 25.2 Å². The molecule has 0 aromatic heterocycles. The van der Waals surface area contributed by atoms with Crippen LogP contribution in [-0.4, -0.2) is 30.1 Å². The Labute approximate surface area is 213 Å². The lowest BCUT2D eigenvalue weighted by atomic mass is 9.67. The number of anilines is 1. The maximum Gasteiger partial charge on any atom is 0.237 e. The zero-order valence-electron chi connectivity index (χ0n) is 19.2. The molecule has 36 heavy (non-hydrogen) atoms. The number of amides is 2. The summed E-state index contributed by atoms with van der Waals surface area (Å²) in [5.74, 6) is 3.83. The summed E-state index contributed by atoms with van der Waals surface area (Å²) in [6.45, 7) is 0.108. The molecule has 0 unspecified atom stereocenters. The smallest absolute Gasteiger partial charge is 0.237 e. The van der Waals surface area contributed by atoms with Crippen LogP contribution >= 0.6 is 11.6 Å². The highest BCUT2D eigenvalue weighted by molar-refractivity contribution is 6.31. The van der Waals surface area contributed by atoms with Crippen molar-refractivity contribution in [2.24, 2.45) is 0 Å². The summed E-state index contributed by atoms with van der Waals surface area (Å²) in [5, 5.41) is 15.4. The Kier molecular flexibility index (Phi) is 6.31. The predicted octanol–water partition coefficient (Wildman–Crippen LogP) is 4.33. The minimum Gasteiger partial charge on any atom is -0.491 e. The molecule has 0 saturated carbocycles. The van der Waals surface area contributed by atoms with E-state index in [1.165, 1.54) is 0 Å². The molecule has 182 valence electrons. The van der Waals surface area contributed by atoms with E-state index in [2.05, 4.69) is 16.6 Å². The maximum absolute atomic E-state index is 13.5. The van der Waals surface area contributed by atoms with Crippen LogP contribution in [0.5, 0.6) is 17.2 Å². The van der Waals surface area contributed by atoms with E-state index < -0.39 is 11.5 Å². The van der Waals surface area contributed by atoms with Crippen molar-refractivity contribution in [3.63, 3.8) is 0 Å². The van der Waals surface area contributed by atoms with Crippen LogP contribution in [0.1, 0.15) is 35.6 Å². The highest BCUT2D eigenvalue weighted by Gasteiger charge is 2.56. The van der Waals surface area contributed by atoms with Crippen LogP contribution < -0.4 is 20.1 Å². The molecule has 1 fully saturated rings. The Morgan fingerprint density at radius 3 is 2.61 bits per heavy atom. The molecule has 3 N–H and O–H groups in total. The standard InChI is InChI=1S/C28H23ClN2O5/c1-2-17-3-10-24(36-20-7-5-19(6-8-20)35-14-13-32)21(15-17)26-28(12-11-25(33)31-26)22-9-4-18(29)16-23(22)30-27(28)34/h1,3-10,15-16,26,32H,11-14H2,(H,30,34)(H,31,33)/t26-,28-/m1/s1. The molecule has 2 heterocycles. The zero-order chi connectivity index (χ0) is 25.3. The van der Waals surface area contributed by atoms with Gasteiger partial charge in [0.25, 0.3) is 0 Å². The molecule has 0 radical (unpaired) electrons. The fourth-order valence-corrected chi connectivity index (χ4v) is 5.08. The zero-order valence-corrected chi connectivity index (χ0v) is 20.0. The number of nitrogens with one attached hydrogen (secondary N) is 2. The van der Waals surface area contributed by atoms with Crippen molar-refractivity contribution in [1.29, 1.82) is 0 Å². The van der Waals surface area contributed by atoms with Crippen molar-refractivity contribution in [3.8, 4) is 29.6 Å². The van der Waals surface area contributed by atoms with Crippen molar-refractivity contribution < 1.29 is 24.2 Å². The molecule has 2 aliphatic heterocycles. The number of aliphatic hydroxyl groups excluding tert-OH is 1. The van der Waals surface area contributed by atoms with Crippen molar-refractivity contribution >= 4 is 29.1 Å². The quantitative estimate of drug-likeness (QED) is 0.436. The molecule has 0 aliphatic carbocycles. The monoisotopic (exact) mass is 502 g/mol. The molecular weight excluding hydrogens is 480 g/mol. The van der Waals surface area contributed by atoms with Gasteiger partial charge in [-0.25, -0.2) is 0 Å². The number of carbonyl (C=O) groups excluding carboxylic acids is 2. The van der Waals surface area contributed by atoms with E-state index in [0.29, 0.717) is 45.5 Å². The summed E-state index contributed by atoms with van der Waals surface area (Å²) in [4.78, 5) is 26.2. The third-order valence-electron chi connectivity index (χ3n) is 6.56. The number of rotatable bonds is 6. The second-order valence-electron chi connectivity index (χ2n) is 8.66. The molecule has 0 bridgehead atoms. The lowest BCUT2D eigenvalue weighted by Crippen LogP contribution is -2.52. The average molecular weight is 503 g/mol. The van der Waals surface area contributed by atoms with Gasteiger partial charge in [0.05, 0.1) is 12.6 Å². The van der Waals surface area contributed by atoms with E-state index in [1.807, 2.05) is 6.07 Å². The first kappa shape index (κ1) is 23.7. The second kappa shape index (κ2) is 9.57. The number of terminal acetylenes is 1. The van der Waals surface area contributed by atoms with E-state index in [1.54, 1.807) is 54.6 Å². The maximum atomic E-state index is 13.5. The summed E-state index contributed by atoms with van der Waals surface area (Å²) in [6, 6.07) is 16.8. The highest BCUT2D eigenvalue weighted by atomic mass is 35.5. The van der Waals surface area contributed by atoms with E-state index in [9.17, 15) is 9.59 Å². The minimum atomic E-state index is -1.05. The van der Waals surface area contributed by atoms with Gasteiger partial charge in [0.1, 0.15) is 29.3 Å². The molecule has 3 aromatic rings. The van der Waals surface area contributed by atoms with Gasteiger partial charge in [-0.05, 0) is 66.6 Å². The van der Waals surface area contributed by atoms with Crippen LogP contribution in [0.25, 0.3) is 0 Å². The van der Waals surface area contributed by atoms with E-state index >= 15 is 0 Å². The van der Waals surface area contributed by atoms with Crippen LogP contribution in [0.2, 0.25) is 5.02 Å². The van der Waals surface area contributed by atoms with Crippen LogP contribution in [0.15, 0.2) is 60.7 Å². The van der Waals surface area contributed by atoms with Gasteiger partial charge >= 0.3 is 0 Å². The number of carbonyl (C=O) groups is 2. The number of aliphatic hydroxyl groups is 1. The van der Waals surface area contributed by atoms with Gasteiger partial charge in [-0.3, -0.25) is 9.59 Å². The molecular formula is C28H23ClN2O5. The van der Waals surface area contributed by atoms with Gasteiger partial charge in [-0.1, -0.05) is 23.6 Å². The number of piperidine rings is 1. The highest BCUT2D eigenvalue weighted by Crippen LogP contribution is 2.53. The Morgan fingerprint density at radius 1 is 1.08 bits per heavy atom. The third kappa shape index (κ3) is 4.15. The van der Waals surface area contributed by atoms with Gasteiger partial charge in [-0.15, -0.1) is 6.42 Å². The predicted molar refractivity (Wildman–Crippen MR) is 135 cm³/mol. The van der Waals surface area contributed by atoms with Crippen LogP contribution in [0.4, 0.5) is 5.69 Å². The number of ether oxygens (including phenoxy) is 2. The van der Waals surface area contributed by atoms with E-state index in [4.69, 9.17) is 32.6 Å². The first-order valence-corrected chi connectivity index (χ1v) is 11.9. The van der Waals surface area contributed by atoms with Gasteiger partial charge in [0, 0.05) is 28.3 Å². The summed E-state index contributed by atoms with van der Waals surface area (Å²) in [5.41, 5.74) is 1.53. The summed E-state index contributed by atoms with van der Waals surface area (Å²) < 4.78 is 11.6. The molecule has 3 aromatic carbocycles. The third-order valence-corrected chi connectivity index (χ3v) is 6.79. The SMILES string of the molecule is C#Cc1ccc(Oc2ccc(OCCO)cc2)c([C@H]2NC(=O)CC[C@]23C(=O)Nc2cc(Cl)ccc23)c1. The molecule has 2 atom stereocenters. The summed E-state index contributed by atoms with van der Waals surface area (Å²) >= 11 is 6.18. The number of benzene rings is 3. The van der Waals surface area contributed by atoms with Crippen LogP contribution in [0, 0.1) is 12.3 Å². The van der Waals surface area contributed by atoms with Crippen molar-refractivity contribution in [3.05, 3.63) is 82.4 Å². The molecule has 2 aliphatic rings. The first-order valence-electron chi connectivity index (χ1n) is 11.5. The molecule has 1 saturated heterocycles. The molecule has 7 nitrogen and oxygen atoms in total. The largest absolute Gasteiger partial charge is 0.491 e. The molecule has 8 heteroatoms. The van der Waals surface area contributed by atoms with Crippen molar-refractivity contribution in [2.45, 2.75) is 24.3 Å². The van der Waals surface area contributed by atoms with E-state index in [0.717, 1.165) is 5.56 Å². The van der Waals surface area contributed by atoms with Crippen molar-refractivity contribution in [2.75, 3.05) is 18.5 Å². The van der Waals surface area contributed by atoms with Gasteiger partial charge in [0.15, 0.2) is 0 Å². The molecule has 5 rings (SSSR count). The minimum absolute atomic E-state index is 0.0824. The Hall–Kier alpha value is -3.99. The Bertz CT molecular complexity index is 1380. The fourth-order valence-electron chi connectivity index (χ4n) is 4.91. The number of hydrogen-bond donors (Lipinski definition) is 3.